The van der Waals surface area contributed by atoms with Crippen molar-refractivity contribution in [3.05, 3.63) is 76.3 Å². The zero-order valence-electron chi connectivity index (χ0n) is 15.3. The van der Waals surface area contributed by atoms with E-state index in [2.05, 4.69) is 0 Å². The average molecular weight is 405 g/mol. The van der Waals surface area contributed by atoms with Crippen LogP contribution >= 0.6 is 11.6 Å². The fourth-order valence-corrected chi connectivity index (χ4v) is 3.28. The molecule has 0 radical (unpaired) electrons. The first-order valence-electron chi connectivity index (χ1n) is 8.82. The maximum absolute atomic E-state index is 13.2. The maximum atomic E-state index is 13.2. The van der Waals surface area contributed by atoms with Crippen LogP contribution in [0.25, 0.3) is 5.57 Å². The van der Waals surface area contributed by atoms with Crippen LogP contribution in [0, 0.1) is 11.6 Å². The molecule has 0 unspecified atom stereocenters. The van der Waals surface area contributed by atoms with Gasteiger partial charge in [0.1, 0.15) is 11.6 Å². The molecule has 0 aliphatic carbocycles. The molecular weight excluding hydrogens is 386 g/mol. The van der Waals surface area contributed by atoms with Crippen LogP contribution < -0.4 is 0 Å². The number of hydrogen-bond acceptors (Lipinski definition) is 2. The predicted molar refractivity (Wildman–Crippen MR) is 104 cm³/mol. The monoisotopic (exact) mass is 404 g/mol. The lowest BCUT2D eigenvalue weighted by atomic mass is 10.1. The lowest BCUT2D eigenvalue weighted by Gasteiger charge is -2.34. The number of hydrogen-bond donors (Lipinski definition) is 0. The Morgan fingerprint density at radius 1 is 0.929 bits per heavy atom. The van der Waals surface area contributed by atoms with Crippen LogP contribution in [-0.2, 0) is 4.79 Å². The number of carbonyl (C=O) groups excluding carboxylic acids is 2. The molecule has 0 bridgehead atoms. The molecule has 28 heavy (non-hydrogen) atoms. The normalized spacial score (nSPS) is 14.9. The number of piperazine rings is 1. The smallest absolute Gasteiger partial charge is 0.255 e. The van der Waals surface area contributed by atoms with Gasteiger partial charge in [-0.1, -0.05) is 23.7 Å². The number of rotatable bonds is 3. The van der Waals surface area contributed by atoms with Crippen molar-refractivity contribution in [2.24, 2.45) is 0 Å². The van der Waals surface area contributed by atoms with E-state index < -0.39 is 5.82 Å². The van der Waals surface area contributed by atoms with Crippen molar-refractivity contribution in [1.82, 2.24) is 9.80 Å². The van der Waals surface area contributed by atoms with Gasteiger partial charge in [0.25, 0.3) is 5.91 Å². The van der Waals surface area contributed by atoms with Crippen LogP contribution in [0.1, 0.15) is 22.8 Å². The van der Waals surface area contributed by atoms with Crippen LogP contribution in [0.2, 0.25) is 5.02 Å². The lowest BCUT2D eigenvalue weighted by Crippen LogP contribution is -2.50. The highest BCUT2D eigenvalue weighted by Crippen LogP contribution is 2.20. The first-order chi connectivity index (χ1) is 13.3. The summed E-state index contributed by atoms with van der Waals surface area (Å²) in [7, 11) is 0. The number of carbonyl (C=O) groups is 2. The quantitative estimate of drug-likeness (QED) is 0.725. The van der Waals surface area contributed by atoms with Crippen LogP contribution in [-0.4, -0.2) is 47.8 Å². The van der Waals surface area contributed by atoms with Gasteiger partial charge in [0.2, 0.25) is 5.91 Å². The summed E-state index contributed by atoms with van der Waals surface area (Å²) in [5.74, 6) is -1.27. The summed E-state index contributed by atoms with van der Waals surface area (Å²) in [4.78, 5) is 28.3. The summed E-state index contributed by atoms with van der Waals surface area (Å²) in [5, 5.41) is 0.0707. The van der Waals surface area contributed by atoms with Crippen molar-refractivity contribution < 1.29 is 18.4 Å². The molecule has 1 aliphatic rings. The molecule has 1 heterocycles. The van der Waals surface area contributed by atoms with E-state index in [0.717, 1.165) is 17.2 Å². The van der Waals surface area contributed by atoms with Gasteiger partial charge in [-0.05, 0) is 48.4 Å². The van der Waals surface area contributed by atoms with Gasteiger partial charge in [-0.3, -0.25) is 9.59 Å². The van der Waals surface area contributed by atoms with Crippen molar-refractivity contribution >= 4 is 29.0 Å². The number of benzene rings is 2. The molecule has 0 saturated carbocycles. The molecule has 0 aromatic heterocycles. The second kappa shape index (κ2) is 8.52. The van der Waals surface area contributed by atoms with Crippen LogP contribution in [0.3, 0.4) is 0 Å². The Labute approximate surface area is 167 Å². The van der Waals surface area contributed by atoms with Crippen LogP contribution in [0.4, 0.5) is 8.78 Å². The first-order valence-corrected chi connectivity index (χ1v) is 9.20. The van der Waals surface area contributed by atoms with Gasteiger partial charge in [-0.2, -0.15) is 0 Å². The molecule has 4 nitrogen and oxygen atoms in total. The molecule has 1 saturated heterocycles. The van der Waals surface area contributed by atoms with Crippen molar-refractivity contribution in [2.75, 3.05) is 26.2 Å². The zero-order chi connectivity index (χ0) is 20.3. The molecule has 1 fully saturated rings. The summed E-state index contributed by atoms with van der Waals surface area (Å²) in [6.07, 6.45) is 1.52. The largest absolute Gasteiger partial charge is 0.336 e. The number of halogens is 3. The Hall–Kier alpha value is -2.73. The van der Waals surface area contributed by atoms with Crippen LogP contribution in [0.5, 0.6) is 0 Å². The molecule has 7 heteroatoms. The molecule has 2 aromatic rings. The molecule has 1 aliphatic heterocycles. The Balaban J connectivity index is 1.61. The van der Waals surface area contributed by atoms with Crippen molar-refractivity contribution in [3.63, 3.8) is 0 Å². The molecule has 0 spiro atoms. The standard InChI is InChI=1S/C21H19ClF2N2O2/c1-14(15-2-4-16(23)5-3-15)12-20(27)25-8-10-26(11-9-25)21(28)18-7-6-17(24)13-19(18)22/h2-7,12-13H,8-11H2,1H3/b14-12+. The van der Waals surface area contributed by atoms with Gasteiger partial charge in [0.05, 0.1) is 10.6 Å². The highest BCUT2D eigenvalue weighted by molar-refractivity contribution is 6.33. The molecule has 0 atom stereocenters. The second-order valence-electron chi connectivity index (χ2n) is 6.58. The third-order valence-corrected chi connectivity index (χ3v) is 4.99. The summed E-state index contributed by atoms with van der Waals surface area (Å²) in [6.45, 7) is 3.29. The molecular formula is C21H19ClF2N2O2. The van der Waals surface area contributed by atoms with E-state index in [-0.39, 0.29) is 28.2 Å². The van der Waals surface area contributed by atoms with E-state index in [1.54, 1.807) is 28.9 Å². The Morgan fingerprint density at radius 2 is 1.50 bits per heavy atom. The third kappa shape index (κ3) is 4.57. The summed E-state index contributed by atoms with van der Waals surface area (Å²) >= 11 is 5.96. The van der Waals surface area contributed by atoms with Crippen molar-refractivity contribution in [3.8, 4) is 0 Å². The Bertz CT molecular complexity index is 921. The summed E-state index contributed by atoms with van der Waals surface area (Å²) < 4.78 is 26.2. The Morgan fingerprint density at radius 3 is 2.11 bits per heavy atom. The minimum atomic E-state index is -0.500. The third-order valence-electron chi connectivity index (χ3n) is 4.68. The van der Waals surface area contributed by atoms with Gasteiger partial charge in [-0.25, -0.2) is 8.78 Å². The molecule has 2 aromatic carbocycles. The highest BCUT2D eigenvalue weighted by atomic mass is 35.5. The van der Waals surface area contributed by atoms with E-state index in [9.17, 15) is 18.4 Å². The van der Waals surface area contributed by atoms with Crippen molar-refractivity contribution in [1.29, 1.82) is 0 Å². The minimum Gasteiger partial charge on any atom is -0.336 e. The molecule has 0 N–H and O–H groups in total. The Kier molecular flexibility index (Phi) is 6.09. The van der Waals surface area contributed by atoms with Gasteiger partial charge in [-0.15, -0.1) is 0 Å². The molecule has 146 valence electrons. The summed E-state index contributed by atoms with van der Waals surface area (Å²) in [5.41, 5.74) is 1.76. The van der Waals surface area contributed by atoms with Gasteiger partial charge < -0.3 is 9.80 Å². The predicted octanol–water partition coefficient (Wildman–Crippen LogP) is 4.01. The first kappa shape index (κ1) is 20.0. The minimum absolute atomic E-state index is 0.0707. The van der Waals surface area contributed by atoms with E-state index in [0.29, 0.717) is 26.2 Å². The van der Waals surface area contributed by atoms with Crippen LogP contribution in [0.15, 0.2) is 48.5 Å². The topological polar surface area (TPSA) is 40.6 Å². The second-order valence-corrected chi connectivity index (χ2v) is 6.98. The molecule has 2 amide bonds. The van der Waals surface area contributed by atoms with Gasteiger partial charge >= 0.3 is 0 Å². The zero-order valence-corrected chi connectivity index (χ0v) is 16.0. The number of nitrogens with zero attached hydrogens (tertiary/aromatic N) is 2. The highest BCUT2D eigenvalue weighted by Gasteiger charge is 2.25. The molecule has 3 rings (SSSR count). The fourth-order valence-electron chi connectivity index (χ4n) is 3.04. The van der Waals surface area contributed by atoms with E-state index in [1.807, 2.05) is 0 Å². The van der Waals surface area contributed by atoms with E-state index in [4.69, 9.17) is 11.6 Å². The van der Waals surface area contributed by atoms with Gasteiger partial charge in [0.15, 0.2) is 0 Å². The van der Waals surface area contributed by atoms with Gasteiger partial charge in [0, 0.05) is 32.3 Å². The van der Waals surface area contributed by atoms with E-state index in [1.165, 1.54) is 30.3 Å². The lowest BCUT2D eigenvalue weighted by molar-refractivity contribution is -0.127. The van der Waals surface area contributed by atoms with E-state index >= 15 is 0 Å². The number of allylic oxidation sites excluding steroid dienone is 1. The maximum Gasteiger partial charge on any atom is 0.255 e. The average Bonchev–Trinajstić information content (AvgIpc) is 2.68. The SMILES string of the molecule is C/C(=C\C(=O)N1CCN(C(=O)c2ccc(F)cc2Cl)CC1)c1ccc(F)cc1. The van der Waals surface area contributed by atoms with Crippen molar-refractivity contribution in [2.45, 2.75) is 6.92 Å². The number of amides is 2. The summed E-state index contributed by atoms with van der Waals surface area (Å²) in [6, 6.07) is 9.62. The fraction of sp³-hybridized carbons (Fsp3) is 0.238.